The molecule has 1 saturated carbocycles. The van der Waals surface area contributed by atoms with E-state index in [1.165, 1.54) is 31.4 Å². The van der Waals surface area contributed by atoms with E-state index in [0.717, 1.165) is 22.8 Å². The van der Waals surface area contributed by atoms with E-state index in [9.17, 15) is 0 Å². The van der Waals surface area contributed by atoms with Crippen molar-refractivity contribution in [3.05, 3.63) is 36.1 Å². The van der Waals surface area contributed by atoms with Crippen LogP contribution in [0.1, 0.15) is 39.5 Å². The first-order valence-corrected chi connectivity index (χ1v) is 6.92. The van der Waals surface area contributed by atoms with Crippen molar-refractivity contribution in [2.45, 2.75) is 45.6 Å². The Morgan fingerprint density at radius 3 is 2.47 bits per heavy atom. The molecule has 0 aromatic heterocycles. The van der Waals surface area contributed by atoms with Gasteiger partial charge in [-0.1, -0.05) is 26.0 Å². The van der Waals surface area contributed by atoms with Gasteiger partial charge in [0.25, 0.3) is 0 Å². The Morgan fingerprint density at radius 2 is 1.95 bits per heavy atom. The highest BCUT2D eigenvalue weighted by Gasteiger charge is 2.33. The lowest BCUT2D eigenvalue weighted by Gasteiger charge is -2.30. The summed E-state index contributed by atoms with van der Waals surface area (Å²) < 4.78 is 0. The summed E-state index contributed by atoms with van der Waals surface area (Å²) in [5.41, 5.74) is 3.21. The molecule has 2 rings (SSSR count). The number of allylic oxidation sites excluding steroid dienone is 1. The van der Waals surface area contributed by atoms with E-state index in [1.807, 2.05) is 13.8 Å². The summed E-state index contributed by atoms with van der Waals surface area (Å²) in [6, 6.07) is 0.533. The monoisotopic (exact) mass is 257 g/mol. The fourth-order valence-electron chi connectivity index (χ4n) is 2.76. The van der Waals surface area contributed by atoms with Crippen molar-refractivity contribution in [3.8, 4) is 0 Å². The van der Waals surface area contributed by atoms with E-state index in [4.69, 9.17) is 0 Å². The van der Waals surface area contributed by atoms with Crippen LogP contribution in [0.4, 0.5) is 0 Å². The number of aliphatic imine (C=N–C) groups is 2. The summed E-state index contributed by atoms with van der Waals surface area (Å²) in [7, 11) is 1.77. The molecule has 0 aromatic rings. The quantitative estimate of drug-likeness (QED) is 0.547. The van der Waals surface area contributed by atoms with Crippen molar-refractivity contribution in [1.29, 1.82) is 0 Å². The molecule has 1 heterocycles. The molecule has 0 atom stereocenters. The molecule has 0 unspecified atom stereocenters. The Hall–Kier alpha value is -1.64. The highest BCUT2D eigenvalue weighted by atomic mass is 15.2. The average Bonchev–Trinajstić information content (AvgIpc) is 2.98. The smallest absolute Gasteiger partial charge is 0.142 e. The predicted molar refractivity (Wildman–Crippen MR) is 82.6 cm³/mol. The van der Waals surface area contributed by atoms with Crippen LogP contribution in [0.25, 0.3) is 0 Å². The van der Waals surface area contributed by atoms with Gasteiger partial charge in [-0.25, -0.2) is 4.99 Å². The average molecular weight is 257 g/mol. The molecule has 0 amide bonds. The SMILES string of the molecule is C=C(C)C1=CC(=C)C(=NC(C)=NC)N1C1CCCC1. The zero-order valence-corrected chi connectivity index (χ0v) is 12.2. The maximum Gasteiger partial charge on any atom is 0.142 e. The molecule has 19 heavy (non-hydrogen) atoms. The Balaban J connectivity index is 2.39. The number of rotatable bonds is 2. The van der Waals surface area contributed by atoms with Crippen molar-refractivity contribution in [2.75, 3.05) is 7.05 Å². The summed E-state index contributed by atoms with van der Waals surface area (Å²) in [5.74, 6) is 1.74. The third-order valence-electron chi connectivity index (χ3n) is 3.80. The van der Waals surface area contributed by atoms with Gasteiger partial charge in [0.05, 0.1) is 0 Å². The number of hydrogen-bond acceptors (Lipinski definition) is 1. The third-order valence-corrected chi connectivity index (χ3v) is 3.80. The van der Waals surface area contributed by atoms with Gasteiger partial charge in [-0.3, -0.25) is 4.99 Å². The van der Waals surface area contributed by atoms with Crippen molar-refractivity contribution < 1.29 is 0 Å². The van der Waals surface area contributed by atoms with Gasteiger partial charge in [0.2, 0.25) is 0 Å². The maximum atomic E-state index is 4.63. The molecular weight excluding hydrogens is 234 g/mol. The van der Waals surface area contributed by atoms with Gasteiger partial charge in [0.1, 0.15) is 11.7 Å². The second-order valence-corrected chi connectivity index (χ2v) is 5.35. The first-order chi connectivity index (χ1) is 9.04. The minimum absolute atomic E-state index is 0.533. The van der Waals surface area contributed by atoms with Gasteiger partial charge >= 0.3 is 0 Å². The third kappa shape index (κ3) is 2.70. The van der Waals surface area contributed by atoms with Gasteiger partial charge in [-0.05, 0) is 38.3 Å². The van der Waals surface area contributed by atoms with E-state index in [-0.39, 0.29) is 0 Å². The van der Waals surface area contributed by atoms with E-state index < -0.39 is 0 Å². The molecule has 3 heteroatoms. The van der Waals surface area contributed by atoms with E-state index in [2.05, 4.69) is 34.1 Å². The highest BCUT2D eigenvalue weighted by molar-refractivity contribution is 6.10. The van der Waals surface area contributed by atoms with Gasteiger partial charge in [-0.15, -0.1) is 0 Å². The molecule has 0 saturated heterocycles. The Kier molecular flexibility index (Phi) is 4.03. The van der Waals surface area contributed by atoms with E-state index in [1.54, 1.807) is 7.05 Å². The second kappa shape index (κ2) is 5.55. The number of hydrogen-bond donors (Lipinski definition) is 0. The molecular formula is C16H23N3. The zero-order valence-electron chi connectivity index (χ0n) is 12.2. The van der Waals surface area contributed by atoms with Gasteiger partial charge < -0.3 is 4.90 Å². The lowest BCUT2D eigenvalue weighted by atomic mass is 10.1. The summed E-state index contributed by atoms with van der Waals surface area (Å²) in [6.45, 7) is 12.2. The molecule has 1 aliphatic heterocycles. The minimum atomic E-state index is 0.533. The second-order valence-electron chi connectivity index (χ2n) is 5.35. The van der Waals surface area contributed by atoms with Crippen LogP contribution in [0.2, 0.25) is 0 Å². The first-order valence-electron chi connectivity index (χ1n) is 6.92. The summed E-state index contributed by atoms with van der Waals surface area (Å²) in [4.78, 5) is 11.1. The summed E-state index contributed by atoms with van der Waals surface area (Å²) in [5, 5.41) is 0. The molecule has 1 aliphatic carbocycles. The largest absolute Gasteiger partial charge is 0.323 e. The topological polar surface area (TPSA) is 28.0 Å². The van der Waals surface area contributed by atoms with Gasteiger partial charge in [-0.2, -0.15) is 0 Å². The van der Waals surface area contributed by atoms with Crippen LogP contribution >= 0.6 is 0 Å². The molecule has 0 spiro atoms. The van der Waals surface area contributed by atoms with Crippen LogP contribution in [0, 0.1) is 0 Å². The van der Waals surface area contributed by atoms with Crippen LogP contribution in [0.15, 0.2) is 46.1 Å². The Bertz CT molecular complexity index is 488. The minimum Gasteiger partial charge on any atom is -0.323 e. The van der Waals surface area contributed by atoms with Crippen LogP contribution in [0.5, 0.6) is 0 Å². The summed E-state index contributed by atoms with van der Waals surface area (Å²) >= 11 is 0. The van der Waals surface area contributed by atoms with Crippen LogP contribution in [0.3, 0.4) is 0 Å². The van der Waals surface area contributed by atoms with Crippen molar-refractivity contribution in [1.82, 2.24) is 4.90 Å². The highest BCUT2D eigenvalue weighted by Crippen LogP contribution is 2.34. The zero-order chi connectivity index (χ0) is 14.0. The molecule has 3 nitrogen and oxygen atoms in total. The van der Waals surface area contributed by atoms with Crippen molar-refractivity contribution >= 4 is 11.7 Å². The molecule has 2 aliphatic rings. The normalized spacial score (nSPS) is 23.4. The van der Waals surface area contributed by atoms with Crippen LogP contribution < -0.4 is 0 Å². The van der Waals surface area contributed by atoms with Crippen LogP contribution in [-0.4, -0.2) is 29.7 Å². The fraction of sp³-hybridized carbons (Fsp3) is 0.500. The molecule has 0 N–H and O–H groups in total. The Morgan fingerprint density at radius 1 is 1.32 bits per heavy atom. The lowest BCUT2D eigenvalue weighted by Crippen LogP contribution is -2.35. The van der Waals surface area contributed by atoms with Crippen molar-refractivity contribution in [3.63, 3.8) is 0 Å². The van der Waals surface area contributed by atoms with Gasteiger partial charge in [0, 0.05) is 24.4 Å². The van der Waals surface area contributed by atoms with Crippen LogP contribution in [-0.2, 0) is 0 Å². The molecule has 0 radical (unpaired) electrons. The fourth-order valence-corrected chi connectivity index (χ4v) is 2.76. The molecule has 0 bridgehead atoms. The maximum absolute atomic E-state index is 4.63. The number of nitrogens with zero attached hydrogens (tertiary/aromatic N) is 3. The Labute approximate surface area is 116 Å². The number of amidine groups is 2. The lowest BCUT2D eigenvalue weighted by molar-refractivity contribution is 0.392. The molecule has 102 valence electrons. The summed E-state index contributed by atoms with van der Waals surface area (Å²) in [6.07, 6.45) is 7.14. The van der Waals surface area contributed by atoms with Crippen molar-refractivity contribution in [2.24, 2.45) is 9.98 Å². The van der Waals surface area contributed by atoms with E-state index >= 15 is 0 Å². The standard InChI is InChI=1S/C16H23N3/c1-11(2)15-10-12(3)16(18-13(4)17-5)19(15)14-8-6-7-9-14/h10,14H,1,3,6-9H2,2,4-5H3. The first kappa shape index (κ1) is 13.8. The van der Waals surface area contributed by atoms with Gasteiger partial charge in [0.15, 0.2) is 0 Å². The predicted octanol–water partition coefficient (Wildman–Crippen LogP) is 3.71. The molecule has 0 aromatic carbocycles. The van der Waals surface area contributed by atoms with E-state index in [0.29, 0.717) is 6.04 Å². The molecule has 1 fully saturated rings.